The first-order chi connectivity index (χ1) is 9.55. The van der Waals surface area contributed by atoms with Crippen LogP contribution in [0.15, 0.2) is 6.07 Å². The van der Waals surface area contributed by atoms with Crippen LogP contribution in [-0.2, 0) is 16.1 Å². The molecular weight excluding hydrogens is 318 g/mol. The Morgan fingerprint density at radius 3 is 2.86 bits per heavy atom. The first-order valence-electron chi connectivity index (χ1n) is 6.06. The van der Waals surface area contributed by atoms with Gasteiger partial charge in [-0.3, -0.25) is 19.7 Å². The molecule has 0 saturated carbocycles. The van der Waals surface area contributed by atoms with Gasteiger partial charge in [-0.25, -0.2) is 0 Å². The smallest absolute Gasteiger partial charge is 0.256 e. The third-order valence-corrected chi connectivity index (χ3v) is 4.04. The minimum absolute atomic E-state index is 0. The molecule has 2 heterocycles. The van der Waals surface area contributed by atoms with E-state index in [4.69, 9.17) is 10.5 Å². The summed E-state index contributed by atoms with van der Waals surface area (Å²) in [6.45, 7) is 0.312. The molecule has 1 aliphatic heterocycles. The van der Waals surface area contributed by atoms with Gasteiger partial charge in [0.05, 0.1) is 12.7 Å². The van der Waals surface area contributed by atoms with Crippen LogP contribution < -0.4 is 21.1 Å². The van der Waals surface area contributed by atoms with Crippen molar-refractivity contribution in [2.24, 2.45) is 5.73 Å². The van der Waals surface area contributed by atoms with Crippen LogP contribution in [0.5, 0.6) is 5.06 Å². The highest BCUT2D eigenvalue weighted by Gasteiger charge is 2.29. The van der Waals surface area contributed by atoms with E-state index in [0.717, 1.165) is 4.88 Å². The van der Waals surface area contributed by atoms with E-state index in [-0.39, 0.29) is 24.7 Å². The number of rotatable bonds is 4. The summed E-state index contributed by atoms with van der Waals surface area (Å²) in [5, 5.41) is 5.24. The number of carbonyl (C=O) groups excluding carboxylic acids is 3. The van der Waals surface area contributed by atoms with E-state index in [0.29, 0.717) is 23.6 Å². The predicted octanol–water partition coefficient (Wildman–Crippen LogP) is 0.172. The zero-order valence-corrected chi connectivity index (χ0v) is 12.9. The van der Waals surface area contributed by atoms with Gasteiger partial charge in [-0.2, -0.15) is 0 Å². The van der Waals surface area contributed by atoms with Crippen LogP contribution in [0.4, 0.5) is 0 Å². The molecule has 9 heteroatoms. The third-order valence-electron chi connectivity index (χ3n) is 2.92. The van der Waals surface area contributed by atoms with Gasteiger partial charge in [0.1, 0.15) is 6.04 Å². The molecule has 4 N–H and O–H groups in total. The summed E-state index contributed by atoms with van der Waals surface area (Å²) in [5.74, 6) is -1.21. The van der Waals surface area contributed by atoms with Gasteiger partial charge in [-0.05, 0) is 12.5 Å². The van der Waals surface area contributed by atoms with E-state index in [9.17, 15) is 14.4 Å². The second-order valence-electron chi connectivity index (χ2n) is 4.30. The van der Waals surface area contributed by atoms with Crippen molar-refractivity contribution in [3.8, 4) is 5.06 Å². The second-order valence-corrected chi connectivity index (χ2v) is 5.40. The molecule has 0 aliphatic carbocycles. The second kappa shape index (κ2) is 7.39. The minimum atomic E-state index is -0.703. The normalized spacial score (nSPS) is 17.7. The summed E-state index contributed by atoms with van der Waals surface area (Å²) in [7, 11) is 1.47. The van der Waals surface area contributed by atoms with Gasteiger partial charge in [0.25, 0.3) is 5.91 Å². The van der Waals surface area contributed by atoms with Gasteiger partial charge in [0, 0.05) is 17.8 Å². The van der Waals surface area contributed by atoms with Crippen molar-refractivity contribution in [1.29, 1.82) is 0 Å². The summed E-state index contributed by atoms with van der Waals surface area (Å²) in [6, 6.07) is 0.941. The molecule has 1 aliphatic rings. The molecule has 21 heavy (non-hydrogen) atoms. The topological polar surface area (TPSA) is 111 Å². The van der Waals surface area contributed by atoms with Crippen molar-refractivity contribution in [3.63, 3.8) is 0 Å². The fourth-order valence-corrected chi connectivity index (χ4v) is 2.74. The van der Waals surface area contributed by atoms with E-state index in [1.807, 2.05) is 0 Å². The van der Waals surface area contributed by atoms with E-state index < -0.39 is 17.9 Å². The number of amides is 3. The van der Waals surface area contributed by atoms with Gasteiger partial charge < -0.3 is 15.8 Å². The Labute approximate surface area is 131 Å². The van der Waals surface area contributed by atoms with E-state index in [2.05, 4.69) is 10.6 Å². The monoisotopic (exact) mass is 333 g/mol. The summed E-state index contributed by atoms with van der Waals surface area (Å²) < 4.78 is 5.13. The predicted molar refractivity (Wildman–Crippen MR) is 79.6 cm³/mol. The van der Waals surface area contributed by atoms with E-state index in [1.165, 1.54) is 18.4 Å². The molecular formula is C12H16ClN3O4S. The molecule has 7 nitrogen and oxygen atoms in total. The lowest BCUT2D eigenvalue weighted by Crippen LogP contribution is -2.52. The zero-order chi connectivity index (χ0) is 14.7. The lowest BCUT2D eigenvalue weighted by molar-refractivity contribution is -0.134. The standard InChI is InChI=1S/C12H15N3O4S.ClH/c1-19-12-7(4-6(5-13)20-12)10(17)14-8-2-3-9(16)15-11(8)18;/h4,8H,2-3,5,13H2,1H3,(H,14,17)(H,15,16,18);1H. The number of ether oxygens (including phenoxy) is 1. The van der Waals surface area contributed by atoms with Crippen LogP contribution >= 0.6 is 23.7 Å². The van der Waals surface area contributed by atoms with Crippen LogP contribution in [0, 0.1) is 0 Å². The lowest BCUT2D eigenvalue weighted by atomic mass is 10.1. The average molecular weight is 334 g/mol. The first-order valence-corrected chi connectivity index (χ1v) is 6.88. The highest BCUT2D eigenvalue weighted by atomic mass is 35.5. The number of carbonyl (C=O) groups is 3. The average Bonchev–Trinajstić information content (AvgIpc) is 2.85. The zero-order valence-electron chi connectivity index (χ0n) is 11.3. The number of imide groups is 1. The molecule has 0 spiro atoms. The summed E-state index contributed by atoms with van der Waals surface area (Å²) in [5.41, 5.74) is 5.88. The molecule has 1 aromatic heterocycles. The molecule has 0 radical (unpaired) electrons. The van der Waals surface area contributed by atoms with Crippen molar-refractivity contribution < 1.29 is 19.1 Å². The van der Waals surface area contributed by atoms with Gasteiger partial charge in [-0.15, -0.1) is 23.7 Å². The molecule has 1 fully saturated rings. The van der Waals surface area contributed by atoms with Gasteiger partial charge in [0.15, 0.2) is 5.06 Å². The Morgan fingerprint density at radius 2 is 2.29 bits per heavy atom. The highest BCUT2D eigenvalue weighted by Crippen LogP contribution is 2.30. The van der Waals surface area contributed by atoms with Crippen LogP contribution in [0.25, 0.3) is 0 Å². The Balaban J connectivity index is 0.00000220. The summed E-state index contributed by atoms with van der Waals surface area (Å²) >= 11 is 1.29. The summed E-state index contributed by atoms with van der Waals surface area (Å²) in [6.07, 6.45) is 0.512. The number of hydrogen-bond donors (Lipinski definition) is 3. The maximum Gasteiger partial charge on any atom is 0.256 e. The minimum Gasteiger partial charge on any atom is -0.487 e. The fraction of sp³-hybridized carbons (Fsp3) is 0.417. The van der Waals surface area contributed by atoms with Crippen molar-refractivity contribution in [1.82, 2.24) is 10.6 Å². The fourth-order valence-electron chi connectivity index (χ4n) is 1.90. The molecule has 3 amide bonds. The molecule has 1 saturated heterocycles. The number of nitrogens with two attached hydrogens (primary N) is 1. The molecule has 0 aromatic carbocycles. The summed E-state index contributed by atoms with van der Waals surface area (Å²) in [4.78, 5) is 35.6. The molecule has 1 unspecified atom stereocenters. The van der Waals surface area contributed by atoms with Crippen molar-refractivity contribution in [3.05, 3.63) is 16.5 Å². The Kier molecular flexibility index (Phi) is 6.13. The molecule has 1 atom stereocenters. The number of hydrogen-bond acceptors (Lipinski definition) is 6. The Morgan fingerprint density at radius 1 is 1.57 bits per heavy atom. The lowest BCUT2D eigenvalue weighted by Gasteiger charge is -2.21. The maximum atomic E-state index is 12.2. The van der Waals surface area contributed by atoms with Gasteiger partial charge in [-0.1, -0.05) is 0 Å². The highest BCUT2D eigenvalue weighted by molar-refractivity contribution is 7.14. The molecule has 116 valence electrons. The SMILES string of the molecule is COc1sc(CN)cc1C(=O)NC1CCC(=O)NC1=O.Cl. The van der Waals surface area contributed by atoms with Crippen molar-refractivity contribution in [2.45, 2.75) is 25.4 Å². The number of thiophene rings is 1. The maximum absolute atomic E-state index is 12.2. The van der Waals surface area contributed by atoms with Gasteiger partial charge in [0.2, 0.25) is 11.8 Å². The van der Waals surface area contributed by atoms with Crippen LogP contribution in [0.3, 0.4) is 0 Å². The number of halogens is 1. The van der Waals surface area contributed by atoms with Crippen LogP contribution in [0.1, 0.15) is 28.1 Å². The largest absolute Gasteiger partial charge is 0.487 e. The third kappa shape index (κ3) is 3.93. The van der Waals surface area contributed by atoms with E-state index in [1.54, 1.807) is 6.07 Å². The van der Waals surface area contributed by atoms with Crippen LogP contribution in [0.2, 0.25) is 0 Å². The Bertz CT molecular complexity index is 561. The van der Waals surface area contributed by atoms with Crippen molar-refractivity contribution >= 4 is 41.5 Å². The quantitative estimate of drug-likeness (QED) is 0.680. The van der Waals surface area contributed by atoms with Crippen LogP contribution in [-0.4, -0.2) is 30.9 Å². The van der Waals surface area contributed by atoms with E-state index >= 15 is 0 Å². The van der Waals surface area contributed by atoms with Gasteiger partial charge >= 0.3 is 0 Å². The van der Waals surface area contributed by atoms with Crippen molar-refractivity contribution in [2.75, 3.05) is 7.11 Å². The number of methoxy groups -OCH3 is 1. The number of piperidine rings is 1. The molecule has 2 rings (SSSR count). The number of nitrogens with one attached hydrogen (secondary N) is 2. The molecule has 0 bridgehead atoms. The molecule has 1 aromatic rings. The first kappa shape index (κ1) is 17.4. The Hall–Kier alpha value is -1.64.